The maximum atomic E-state index is 5.84. The van der Waals surface area contributed by atoms with Crippen LogP contribution in [0.3, 0.4) is 0 Å². The molecule has 2 rings (SSSR count). The van der Waals surface area contributed by atoms with Crippen molar-refractivity contribution < 1.29 is 4.74 Å². The third kappa shape index (κ3) is 2.41. The Morgan fingerprint density at radius 1 is 1.31 bits per heavy atom. The SMILES string of the molecule is Cc1ccnc(Oc2cc(Cl)ccc2N)n1. The van der Waals surface area contributed by atoms with Crippen molar-refractivity contribution in [2.24, 2.45) is 0 Å². The van der Waals surface area contributed by atoms with Crippen LogP contribution < -0.4 is 10.5 Å². The normalized spacial score (nSPS) is 10.1. The highest BCUT2D eigenvalue weighted by Gasteiger charge is 2.05. The van der Waals surface area contributed by atoms with Gasteiger partial charge in [0.15, 0.2) is 5.75 Å². The molecule has 0 saturated carbocycles. The summed E-state index contributed by atoms with van der Waals surface area (Å²) < 4.78 is 5.44. The molecule has 0 amide bonds. The Bertz CT molecular complexity index is 516. The number of nitrogens with zero attached hydrogens (tertiary/aromatic N) is 2. The van der Waals surface area contributed by atoms with Gasteiger partial charge in [0.2, 0.25) is 0 Å². The van der Waals surface area contributed by atoms with Gasteiger partial charge in [0.1, 0.15) is 0 Å². The van der Waals surface area contributed by atoms with Gasteiger partial charge in [-0.2, -0.15) is 0 Å². The lowest BCUT2D eigenvalue weighted by Crippen LogP contribution is -1.96. The number of aryl methyl sites for hydroxylation is 1. The largest absolute Gasteiger partial charge is 0.422 e. The van der Waals surface area contributed by atoms with Gasteiger partial charge in [-0.1, -0.05) is 11.6 Å². The first-order valence-corrected chi connectivity index (χ1v) is 5.05. The minimum Gasteiger partial charge on any atom is -0.422 e. The number of hydrogen-bond donors (Lipinski definition) is 1. The van der Waals surface area contributed by atoms with E-state index in [1.807, 2.05) is 6.92 Å². The summed E-state index contributed by atoms with van der Waals surface area (Å²) in [5.41, 5.74) is 7.06. The van der Waals surface area contributed by atoms with Crippen molar-refractivity contribution in [3.05, 3.63) is 41.2 Å². The Labute approximate surface area is 98.0 Å². The molecule has 0 aliphatic carbocycles. The Morgan fingerprint density at radius 3 is 2.88 bits per heavy atom. The van der Waals surface area contributed by atoms with Crippen molar-refractivity contribution in [1.29, 1.82) is 0 Å². The topological polar surface area (TPSA) is 61.0 Å². The average Bonchev–Trinajstić information content (AvgIpc) is 2.24. The summed E-state index contributed by atoms with van der Waals surface area (Å²) in [5.74, 6) is 0.457. The van der Waals surface area contributed by atoms with E-state index in [0.717, 1.165) is 5.69 Å². The van der Waals surface area contributed by atoms with Crippen LogP contribution >= 0.6 is 11.6 Å². The fraction of sp³-hybridized carbons (Fsp3) is 0.0909. The van der Waals surface area contributed by atoms with E-state index >= 15 is 0 Å². The first-order valence-electron chi connectivity index (χ1n) is 4.67. The molecule has 1 aromatic carbocycles. The van der Waals surface area contributed by atoms with Crippen molar-refractivity contribution in [2.45, 2.75) is 6.92 Å². The number of rotatable bonds is 2. The summed E-state index contributed by atoms with van der Waals surface area (Å²) >= 11 is 5.84. The summed E-state index contributed by atoms with van der Waals surface area (Å²) in [5, 5.41) is 0.553. The summed E-state index contributed by atoms with van der Waals surface area (Å²) in [4.78, 5) is 8.08. The summed E-state index contributed by atoms with van der Waals surface area (Å²) in [7, 11) is 0. The van der Waals surface area contributed by atoms with Crippen molar-refractivity contribution in [3.63, 3.8) is 0 Å². The minimum absolute atomic E-state index is 0.258. The maximum absolute atomic E-state index is 5.84. The van der Waals surface area contributed by atoms with Gasteiger partial charge >= 0.3 is 6.01 Å². The smallest absolute Gasteiger partial charge is 0.322 e. The molecule has 5 heteroatoms. The van der Waals surface area contributed by atoms with Gasteiger partial charge in [-0.25, -0.2) is 9.97 Å². The van der Waals surface area contributed by atoms with E-state index in [4.69, 9.17) is 22.1 Å². The highest BCUT2D eigenvalue weighted by atomic mass is 35.5. The molecule has 0 spiro atoms. The van der Waals surface area contributed by atoms with Crippen LogP contribution in [-0.2, 0) is 0 Å². The van der Waals surface area contributed by atoms with Crippen molar-refractivity contribution in [1.82, 2.24) is 9.97 Å². The molecule has 1 heterocycles. The van der Waals surface area contributed by atoms with Gasteiger partial charge in [0, 0.05) is 23.0 Å². The Kier molecular flexibility index (Phi) is 2.92. The van der Waals surface area contributed by atoms with Crippen LogP contribution in [0.15, 0.2) is 30.5 Å². The molecule has 2 aromatic rings. The third-order valence-electron chi connectivity index (χ3n) is 1.95. The molecule has 2 N–H and O–H groups in total. The molecule has 1 aromatic heterocycles. The zero-order chi connectivity index (χ0) is 11.5. The molecule has 82 valence electrons. The first kappa shape index (κ1) is 10.7. The van der Waals surface area contributed by atoms with Crippen molar-refractivity contribution in [3.8, 4) is 11.8 Å². The summed E-state index contributed by atoms with van der Waals surface area (Å²) in [6.45, 7) is 1.86. The predicted molar refractivity (Wildman–Crippen MR) is 62.7 cm³/mol. The molecule has 16 heavy (non-hydrogen) atoms. The lowest BCUT2D eigenvalue weighted by molar-refractivity contribution is 0.442. The molecular weight excluding hydrogens is 226 g/mol. The monoisotopic (exact) mass is 235 g/mol. The standard InChI is InChI=1S/C11H10ClN3O/c1-7-4-5-14-11(15-7)16-10-6-8(12)2-3-9(10)13/h2-6H,13H2,1H3. The van der Waals surface area contributed by atoms with Gasteiger partial charge in [0.25, 0.3) is 0 Å². The zero-order valence-corrected chi connectivity index (χ0v) is 9.40. The number of benzene rings is 1. The number of aromatic nitrogens is 2. The number of hydrogen-bond acceptors (Lipinski definition) is 4. The van der Waals surface area contributed by atoms with E-state index in [1.165, 1.54) is 0 Å². The maximum Gasteiger partial charge on any atom is 0.322 e. The van der Waals surface area contributed by atoms with Crippen molar-refractivity contribution >= 4 is 17.3 Å². The fourth-order valence-corrected chi connectivity index (χ4v) is 1.33. The summed E-state index contributed by atoms with van der Waals surface area (Å²) in [6.07, 6.45) is 1.62. The van der Waals surface area contributed by atoms with Gasteiger partial charge in [0.05, 0.1) is 5.69 Å². The van der Waals surface area contributed by atoms with Gasteiger partial charge in [-0.3, -0.25) is 0 Å². The quantitative estimate of drug-likeness (QED) is 0.813. The van der Waals surface area contributed by atoms with Crippen LogP contribution in [0, 0.1) is 6.92 Å². The average molecular weight is 236 g/mol. The number of nitrogens with two attached hydrogens (primary N) is 1. The predicted octanol–water partition coefficient (Wildman–Crippen LogP) is 2.81. The Balaban J connectivity index is 2.30. The van der Waals surface area contributed by atoms with E-state index in [9.17, 15) is 0 Å². The second-order valence-electron chi connectivity index (χ2n) is 3.26. The van der Waals surface area contributed by atoms with E-state index in [1.54, 1.807) is 30.5 Å². The molecule has 0 unspecified atom stereocenters. The molecule has 0 fully saturated rings. The molecule has 0 saturated heterocycles. The molecule has 0 aliphatic rings. The van der Waals surface area contributed by atoms with Crippen LogP contribution in [0.5, 0.6) is 11.8 Å². The molecular formula is C11H10ClN3O. The molecule has 0 radical (unpaired) electrons. The van der Waals surface area contributed by atoms with E-state index in [2.05, 4.69) is 9.97 Å². The fourth-order valence-electron chi connectivity index (χ4n) is 1.17. The highest BCUT2D eigenvalue weighted by Crippen LogP contribution is 2.28. The molecule has 0 bridgehead atoms. The number of halogens is 1. The van der Waals surface area contributed by atoms with Crippen LogP contribution in [-0.4, -0.2) is 9.97 Å². The minimum atomic E-state index is 0.258. The van der Waals surface area contributed by atoms with Gasteiger partial charge < -0.3 is 10.5 Å². The van der Waals surface area contributed by atoms with Crippen molar-refractivity contribution in [2.75, 3.05) is 5.73 Å². The first-order chi connectivity index (χ1) is 7.65. The lowest BCUT2D eigenvalue weighted by atomic mass is 10.3. The number of nitrogen functional groups attached to an aromatic ring is 1. The van der Waals surface area contributed by atoms with E-state index in [0.29, 0.717) is 16.5 Å². The van der Waals surface area contributed by atoms with E-state index < -0.39 is 0 Å². The van der Waals surface area contributed by atoms with Gasteiger partial charge in [-0.15, -0.1) is 0 Å². The number of anilines is 1. The van der Waals surface area contributed by atoms with Crippen LogP contribution in [0.25, 0.3) is 0 Å². The second-order valence-corrected chi connectivity index (χ2v) is 3.70. The lowest BCUT2D eigenvalue weighted by Gasteiger charge is -2.06. The zero-order valence-electron chi connectivity index (χ0n) is 8.64. The molecule has 0 atom stereocenters. The van der Waals surface area contributed by atoms with Crippen LogP contribution in [0.2, 0.25) is 5.02 Å². The Morgan fingerprint density at radius 2 is 2.12 bits per heavy atom. The molecule has 4 nitrogen and oxygen atoms in total. The van der Waals surface area contributed by atoms with Gasteiger partial charge in [-0.05, 0) is 25.1 Å². The van der Waals surface area contributed by atoms with E-state index in [-0.39, 0.29) is 6.01 Å². The second kappa shape index (κ2) is 4.37. The van der Waals surface area contributed by atoms with Crippen LogP contribution in [0.4, 0.5) is 5.69 Å². The number of ether oxygens (including phenoxy) is 1. The highest BCUT2D eigenvalue weighted by molar-refractivity contribution is 6.30. The van der Waals surface area contributed by atoms with Crippen LogP contribution in [0.1, 0.15) is 5.69 Å². The Hall–Kier alpha value is -1.81. The molecule has 0 aliphatic heterocycles. The summed E-state index contributed by atoms with van der Waals surface area (Å²) in [6, 6.07) is 7.04. The third-order valence-corrected chi connectivity index (χ3v) is 2.18.